The first-order chi connectivity index (χ1) is 27.3. The van der Waals surface area contributed by atoms with Gasteiger partial charge in [-0.05, 0) is 58.8 Å². The number of rotatable bonds is 13. The van der Waals surface area contributed by atoms with Crippen LogP contribution in [0.2, 0.25) is 5.02 Å². The van der Waals surface area contributed by atoms with Gasteiger partial charge in [0, 0.05) is 28.4 Å². The number of halogens is 10. The van der Waals surface area contributed by atoms with Crippen molar-refractivity contribution in [3.63, 3.8) is 0 Å². The zero-order valence-corrected chi connectivity index (χ0v) is 33.1. The molecule has 3 aromatic carbocycles. The number of nitrogens with zero attached hydrogens (tertiary/aromatic N) is 5. The summed E-state index contributed by atoms with van der Waals surface area (Å²) in [5, 5.41) is 8.43. The average Bonchev–Trinajstić information content (AvgIpc) is 3.58. The Morgan fingerprint density at radius 1 is 1.14 bits per heavy atom. The molecule has 58 heavy (non-hydrogen) atoms. The number of carbonyl (C=O) groups is 1. The first kappa shape index (κ1) is 42.9. The third-order valence-electron chi connectivity index (χ3n) is 9.18. The van der Waals surface area contributed by atoms with Crippen LogP contribution in [0.15, 0.2) is 62.2 Å². The van der Waals surface area contributed by atoms with Gasteiger partial charge in [0.05, 0.1) is 56.8 Å². The normalized spacial score (nSPS) is 16.3. The summed E-state index contributed by atoms with van der Waals surface area (Å²) in [4.78, 5) is 33.2. The van der Waals surface area contributed by atoms with Crippen molar-refractivity contribution < 1.29 is 44.5 Å². The smallest absolute Gasteiger partial charge is 0.292 e. The number of aromatic nitrogens is 4. The van der Waals surface area contributed by atoms with E-state index in [-0.39, 0.29) is 38.4 Å². The van der Waals surface area contributed by atoms with Crippen molar-refractivity contribution in [3.05, 3.63) is 114 Å². The summed E-state index contributed by atoms with van der Waals surface area (Å²) >= 11 is 7.85. The van der Waals surface area contributed by atoms with Gasteiger partial charge in [0.2, 0.25) is 5.91 Å². The maximum Gasteiger partial charge on any atom is 0.292 e. The molecule has 3 unspecified atom stereocenters. The number of benzene rings is 3. The monoisotopic (exact) mass is 920 g/mol. The summed E-state index contributed by atoms with van der Waals surface area (Å²) < 4.78 is 133. The van der Waals surface area contributed by atoms with Crippen molar-refractivity contribution in [2.75, 3.05) is 18.1 Å². The molecule has 0 spiro atoms. The van der Waals surface area contributed by atoms with Gasteiger partial charge in [-0.2, -0.15) is 13.9 Å². The molecule has 0 saturated carbocycles. The number of amides is 1. The Morgan fingerprint density at radius 3 is 2.47 bits per heavy atom. The number of amidine groups is 1. The number of nitrogens with one attached hydrogen (secondary N) is 2. The molecular formula is C36H30BrClF8N8O3S. The second-order valence-electron chi connectivity index (χ2n) is 13.3. The summed E-state index contributed by atoms with van der Waals surface area (Å²) in [5.74, 6) is -9.11. The third-order valence-corrected chi connectivity index (χ3v) is 10.4. The summed E-state index contributed by atoms with van der Waals surface area (Å²) in [6, 6.07) is 7.54. The number of anilines is 1. The molecule has 11 nitrogen and oxygen atoms in total. The van der Waals surface area contributed by atoms with Crippen LogP contribution in [0.3, 0.4) is 0 Å². The molecule has 0 bridgehead atoms. The van der Waals surface area contributed by atoms with Crippen LogP contribution >= 0.6 is 27.5 Å². The van der Waals surface area contributed by atoms with Gasteiger partial charge in [0.15, 0.2) is 5.84 Å². The summed E-state index contributed by atoms with van der Waals surface area (Å²) in [6.07, 6.45) is -6.05. The highest BCUT2D eigenvalue weighted by atomic mass is 79.9. The van der Waals surface area contributed by atoms with E-state index in [0.717, 1.165) is 23.6 Å². The molecule has 0 fully saturated rings. The van der Waals surface area contributed by atoms with E-state index in [9.17, 15) is 40.5 Å². The Labute approximate surface area is 340 Å². The SMILES string of the molecule is CC1Cc2c(C(F)F)nn(CC(=O)NC(Cc3cc(F)cc(F)c3)c3nc4cc(Br)ccc4c(=O)n3-c3ccc(Cl)c(C(N)=N[S+](C)[O-])c3NCC(F)F)c2C1(F)F. The van der Waals surface area contributed by atoms with E-state index in [1.165, 1.54) is 36.6 Å². The Morgan fingerprint density at radius 2 is 1.83 bits per heavy atom. The highest BCUT2D eigenvalue weighted by Crippen LogP contribution is 2.48. The highest BCUT2D eigenvalue weighted by Gasteiger charge is 2.51. The van der Waals surface area contributed by atoms with Gasteiger partial charge >= 0.3 is 0 Å². The predicted molar refractivity (Wildman–Crippen MR) is 204 cm³/mol. The lowest BCUT2D eigenvalue weighted by molar-refractivity contribution is -0.123. The second-order valence-corrected chi connectivity index (χ2v) is 15.6. The summed E-state index contributed by atoms with van der Waals surface area (Å²) in [6.45, 7) is -0.936. The fourth-order valence-corrected chi connectivity index (χ4v) is 7.76. The molecule has 2 aromatic heterocycles. The quantitative estimate of drug-likeness (QED) is 0.0486. The van der Waals surface area contributed by atoms with E-state index in [4.69, 9.17) is 17.3 Å². The van der Waals surface area contributed by atoms with Crippen LogP contribution in [-0.2, 0) is 41.5 Å². The first-order valence-corrected chi connectivity index (χ1v) is 19.7. The molecule has 1 aliphatic carbocycles. The predicted octanol–water partition coefficient (Wildman–Crippen LogP) is 7.27. The minimum absolute atomic E-state index is 0.00845. The lowest BCUT2D eigenvalue weighted by Crippen LogP contribution is -2.38. The van der Waals surface area contributed by atoms with Crippen LogP contribution in [-0.4, -0.2) is 54.9 Å². The number of fused-ring (bicyclic) bond motifs is 2. The maximum absolute atomic E-state index is 15.4. The standard InChI is InChI=1S/C36H30BrClF8N8O3S/c1-15-7-21-29(32(43)44)51-53(31(21)36(15,45)46)14-27(55)49-24(10-16-8-18(39)12-19(40)9-16)34-50-23-11-17(37)3-4-20(23)35(56)54(34)25-6-5-22(38)28(33(47)52-58(2)57)30(25)48-13-26(41)42/h3-6,8-9,11-12,15,24,26,32,48H,7,10,13-14H2,1-2H3,(H2,47,52)(H,49,55). The fourth-order valence-electron chi connectivity index (χ4n) is 6.78. The highest BCUT2D eigenvalue weighted by molar-refractivity contribution is 9.10. The average molecular weight is 922 g/mol. The number of hydrogen-bond donors (Lipinski definition) is 3. The largest absolute Gasteiger partial charge is 0.591 e. The van der Waals surface area contributed by atoms with Gasteiger partial charge < -0.3 is 20.9 Å². The molecule has 22 heteroatoms. The number of carbonyl (C=O) groups excluding carboxylic acids is 1. The van der Waals surface area contributed by atoms with E-state index < -0.39 is 120 Å². The molecule has 5 aromatic rings. The molecule has 6 rings (SSSR count). The van der Waals surface area contributed by atoms with E-state index in [2.05, 4.69) is 41.0 Å². The van der Waals surface area contributed by atoms with Crippen LogP contribution in [0.25, 0.3) is 16.6 Å². The Bertz CT molecular complexity index is 2480. The van der Waals surface area contributed by atoms with Crippen molar-refractivity contribution in [2.24, 2.45) is 16.0 Å². The first-order valence-electron chi connectivity index (χ1n) is 17.0. The Hall–Kier alpha value is -4.73. The topological polar surface area (TPSA) is 155 Å². The Kier molecular flexibility index (Phi) is 12.5. The Balaban J connectivity index is 1.60. The van der Waals surface area contributed by atoms with Crippen LogP contribution in [0.4, 0.5) is 40.8 Å². The molecule has 1 aliphatic rings. The fraction of sp³-hybridized carbons (Fsp3) is 0.306. The van der Waals surface area contributed by atoms with Crippen molar-refractivity contribution in [1.29, 1.82) is 0 Å². The molecule has 2 heterocycles. The number of alkyl halides is 6. The molecule has 308 valence electrons. The molecular weight excluding hydrogens is 892 g/mol. The van der Waals surface area contributed by atoms with Crippen molar-refractivity contribution >= 4 is 67.2 Å². The van der Waals surface area contributed by atoms with Crippen LogP contribution in [0.1, 0.15) is 53.3 Å². The van der Waals surface area contributed by atoms with E-state index in [1.807, 2.05) is 0 Å². The van der Waals surface area contributed by atoms with Crippen LogP contribution in [0, 0.1) is 17.6 Å². The van der Waals surface area contributed by atoms with E-state index in [1.54, 1.807) is 0 Å². The molecule has 1 amide bonds. The minimum atomic E-state index is -3.65. The molecule has 0 radical (unpaired) electrons. The second kappa shape index (κ2) is 16.9. The molecule has 3 atom stereocenters. The number of nitrogens with two attached hydrogens (primary N) is 1. The lowest BCUT2D eigenvalue weighted by Gasteiger charge is -2.26. The lowest BCUT2D eigenvalue weighted by atomic mass is 10.0. The maximum atomic E-state index is 15.4. The van der Waals surface area contributed by atoms with Gasteiger partial charge in [-0.3, -0.25) is 18.8 Å². The minimum Gasteiger partial charge on any atom is -0.591 e. The molecule has 0 aliphatic heterocycles. The zero-order valence-electron chi connectivity index (χ0n) is 30.0. The van der Waals surface area contributed by atoms with Gasteiger partial charge in [-0.25, -0.2) is 31.3 Å². The van der Waals surface area contributed by atoms with Gasteiger partial charge in [-0.1, -0.05) is 34.5 Å². The number of hydrogen-bond acceptors (Lipinski definition) is 7. The van der Waals surface area contributed by atoms with Gasteiger partial charge in [0.1, 0.15) is 41.6 Å². The van der Waals surface area contributed by atoms with E-state index in [0.29, 0.717) is 15.2 Å². The molecule has 4 N–H and O–H groups in total. The van der Waals surface area contributed by atoms with Gasteiger partial charge in [-0.15, -0.1) is 0 Å². The zero-order chi connectivity index (χ0) is 42.4. The van der Waals surface area contributed by atoms with Crippen molar-refractivity contribution in [3.8, 4) is 5.69 Å². The summed E-state index contributed by atoms with van der Waals surface area (Å²) in [5.41, 5.74) is 2.13. The molecule has 0 saturated heterocycles. The summed E-state index contributed by atoms with van der Waals surface area (Å²) in [7, 11) is 0. The third kappa shape index (κ3) is 8.67. The van der Waals surface area contributed by atoms with Gasteiger partial charge in [0.25, 0.3) is 24.3 Å². The van der Waals surface area contributed by atoms with Crippen molar-refractivity contribution in [1.82, 2.24) is 24.6 Å². The van der Waals surface area contributed by atoms with E-state index >= 15 is 8.78 Å². The van der Waals surface area contributed by atoms with Crippen LogP contribution in [0.5, 0.6) is 0 Å². The van der Waals surface area contributed by atoms with Crippen molar-refractivity contribution in [2.45, 2.75) is 51.1 Å². The van der Waals surface area contributed by atoms with Crippen LogP contribution < -0.4 is 21.9 Å².